The number of benzene rings is 2. The van der Waals surface area contributed by atoms with E-state index in [0.29, 0.717) is 4.47 Å². The number of rotatable bonds is 5. The molecule has 2 aromatic carbocycles. The quantitative estimate of drug-likeness (QED) is 0.499. The Bertz CT molecular complexity index is 1000. The molecule has 150 valence electrons. The maximum atomic E-state index is 12.5. The van der Waals surface area contributed by atoms with Crippen LogP contribution in [0.3, 0.4) is 0 Å². The number of hydrogen-bond acceptors (Lipinski definition) is 6. The molecule has 0 aromatic heterocycles. The van der Waals surface area contributed by atoms with Crippen LogP contribution in [0.4, 0.5) is 16.2 Å². The SMILES string of the molecule is CC(C)(C)NS(=O)(=O)c1cc(NC(=O)Oc2ccc([N+](=O)[O-])cc2)ccc1Br. The van der Waals surface area contributed by atoms with Crippen molar-refractivity contribution in [1.29, 1.82) is 0 Å². The minimum Gasteiger partial charge on any atom is -0.410 e. The smallest absolute Gasteiger partial charge is 0.410 e. The fraction of sp³-hybridized carbons (Fsp3) is 0.235. The molecule has 0 heterocycles. The summed E-state index contributed by atoms with van der Waals surface area (Å²) in [6.45, 7) is 5.13. The summed E-state index contributed by atoms with van der Waals surface area (Å²) in [6, 6.07) is 9.23. The molecule has 0 aliphatic carbocycles. The van der Waals surface area contributed by atoms with E-state index in [1.165, 1.54) is 42.5 Å². The number of halogens is 1. The summed E-state index contributed by atoms with van der Waals surface area (Å²) in [5, 5.41) is 13.1. The van der Waals surface area contributed by atoms with Crippen LogP contribution < -0.4 is 14.8 Å². The number of nitrogens with one attached hydrogen (secondary N) is 2. The number of nitro groups is 1. The van der Waals surface area contributed by atoms with Gasteiger partial charge in [0, 0.05) is 27.8 Å². The fourth-order valence-corrected chi connectivity index (χ4v) is 4.54. The molecule has 2 aromatic rings. The van der Waals surface area contributed by atoms with Crippen LogP contribution in [0.2, 0.25) is 0 Å². The highest BCUT2D eigenvalue weighted by molar-refractivity contribution is 9.10. The van der Waals surface area contributed by atoms with Crippen LogP contribution in [0.15, 0.2) is 51.8 Å². The van der Waals surface area contributed by atoms with Crippen molar-refractivity contribution < 1.29 is 22.9 Å². The van der Waals surface area contributed by atoms with Crippen molar-refractivity contribution in [2.45, 2.75) is 31.2 Å². The van der Waals surface area contributed by atoms with E-state index in [0.717, 1.165) is 0 Å². The zero-order valence-electron chi connectivity index (χ0n) is 15.2. The van der Waals surface area contributed by atoms with Gasteiger partial charge in [0.15, 0.2) is 0 Å². The maximum Gasteiger partial charge on any atom is 0.417 e. The first-order chi connectivity index (χ1) is 12.9. The van der Waals surface area contributed by atoms with Gasteiger partial charge in [-0.05, 0) is 67.0 Å². The third-order valence-electron chi connectivity index (χ3n) is 3.17. The van der Waals surface area contributed by atoms with Gasteiger partial charge in [-0.2, -0.15) is 0 Å². The van der Waals surface area contributed by atoms with E-state index in [2.05, 4.69) is 26.0 Å². The predicted molar refractivity (Wildman–Crippen MR) is 107 cm³/mol. The van der Waals surface area contributed by atoms with E-state index >= 15 is 0 Å². The number of carbonyl (C=O) groups is 1. The minimum atomic E-state index is -3.83. The first-order valence-corrected chi connectivity index (χ1v) is 10.2. The van der Waals surface area contributed by atoms with Crippen LogP contribution in [-0.4, -0.2) is 25.0 Å². The van der Waals surface area contributed by atoms with Crippen molar-refractivity contribution in [3.8, 4) is 5.75 Å². The van der Waals surface area contributed by atoms with Gasteiger partial charge in [-0.3, -0.25) is 15.4 Å². The van der Waals surface area contributed by atoms with E-state index < -0.39 is 26.6 Å². The van der Waals surface area contributed by atoms with E-state index in [9.17, 15) is 23.3 Å². The van der Waals surface area contributed by atoms with Crippen molar-refractivity contribution in [2.24, 2.45) is 0 Å². The average Bonchev–Trinajstić information content (AvgIpc) is 2.54. The molecule has 2 rings (SSSR count). The molecule has 1 amide bonds. The van der Waals surface area contributed by atoms with E-state index in [1.807, 2.05) is 0 Å². The first kappa shape index (κ1) is 21.8. The lowest BCUT2D eigenvalue weighted by Crippen LogP contribution is -2.40. The van der Waals surface area contributed by atoms with Gasteiger partial charge < -0.3 is 4.74 Å². The molecule has 0 radical (unpaired) electrons. The number of hydrogen-bond donors (Lipinski definition) is 2. The maximum absolute atomic E-state index is 12.5. The van der Waals surface area contributed by atoms with Crippen LogP contribution in [0.5, 0.6) is 5.75 Å². The molecule has 2 N–H and O–H groups in total. The summed E-state index contributed by atoms with van der Waals surface area (Å²) in [6.07, 6.45) is -0.872. The Balaban J connectivity index is 2.16. The van der Waals surface area contributed by atoms with Gasteiger partial charge in [0.05, 0.1) is 9.82 Å². The average molecular weight is 472 g/mol. The van der Waals surface area contributed by atoms with Crippen molar-refractivity contribution in [3.05, 3.63) is 57.1 Å². The number of ether oxygens (including phenoxy) is 1. The Morgan fingerprint density at radius 2 is 1.75 bits per heavy atom. The highest BCUT2D eigenvalue weighted by atomic mass is 79.9. The third-order valence-corrected chi connectivity index (χ3v) is 5.92. The second-order valence-corrected chi connectivity index (χ2v) is 9.27. The molecule has 0 bridgehead atoms. The third kappa shape index (κ3) is 6.01. The molecule has 0 aliphatic heterocycles. The zero-order chi connectivity index (χ0) is 21.1. The van der Waals surface area contributed by atoms with Crippen LogP contribution >= 0.6 is 15.9 Å². The van der Waals surface area contributed by atoms with E-state index in [-0.39, 0.29) is 22.0 Å². The van der Waals surface area contributed by atoms with Crippen molar-refractivity contribution >= 4 is 43.4 Å². The molecule has 0 aliphatic rings. The topological polar surface area (TPSA) is 128 Å². The monoisotopic (exact) mass is 471 g/mol. The first-order valence-electron chi connectivity index (χ1n) is 7.94. The van der Waals surface area contributed by atoms with Gasteiger partial charge in [0.1, 0.15) is 5.75 Å². The molecular weight excluding hydrogens is 454 g/mol. The van der Waals surface area contributed by atoms with E-state index in [1.54, 1.807) is 20.8 Å². The number of nitrogens with zero attached hydrogens (tertiary/aromatic N) is 1. The van der Waals surface area contributed by atoms with E-state index in [4.69, 9.17) is 4.74 Å². The summed E-state index contributed by atoms with van der Waals surface area (Å²) in [5.41, 5.74) is -0.623. The Morgan fingerprint density at radius 3 is 2.29 bits per heavy atom. The molecule has 11 heteroatoms. The number of nitro benzene ring substituents is 1. The number of amides is 1. The molecule has 0 spiro atoms. The molecular formula is C17H18BrN3O6S. The normalized spacial score (nSPS) is 11.7. The fourth-order valence-electron chi connectivity index (χ4n) is 2.13. The van der Waals surface area contributed by atoms with Crippen LogP contribution in [0, 0.1) is 10.1 Å². The molecule has 0 fully saturated rings. The lowest BCUT2D eigenvalue weighted by Gasteiger charge is -2.21. The highest BCUT2D eigenvalue weighted by Gasteiger charge is 2.24. The van der Waals surface area contributed by atoms with Gasteiger partial charge >= 0.3 is 6.09 Å². The van der Waals surface area contributed by atoms with Gasteiger partial charge in [0.25, 0.3) is 5.69 Å². The molecule has 0 saturated heterocycles. The Kier molecular flexibility index (Phi) is 6.42. The largest absolute Gasteiger partial charge is 0.417 e. The molecule has 0 atom stereocenters. The molecule has 0 saturated carbocycles. The Hall–Kier alpha value is -2.50. The zero-order valence-corrected chi connectivity index (χ0v) is 17.6. The van der Waals surface area contributed by atoms with Crippen LogP contribution in [-0.2, 0) is 10.0 Å². The highest BCUT2D eigenvalue weighted by Crippen LogP contribution is 2.27. The summed E-state index contributed by atoms with van der Waals surface area (Å²) in [4.78, 5) is 22.0. The number of carbonyl (C=O) groups excluding carboxylic acids is 1. The number of anilines is 1. The van der Waals surface area contributed by atoms with Crippen molar-refractivity contribution in [2.75, 3.05) is 5.32 Å². The predicted octanol–water partition coefficient (Wildman–Crippen LogP) is 4.05. The second kappa shape index (κ2) is 8.25. The molecule has 9 nitrogen and oxygen atoms in total. The Labute approximate surface area is 170 Å². The van der Waals surface area contributed by atoms with Crippen molar-refractivity contribution in [1.82, 2.24) is 4.72 Å². The van der Waals surface area contributed by atoms with Crippen LogP contribution in [0.25, 0.3) is 0 Å². The van der Waals surface area contributed by atoms with Crippen LogP contribution in [0.1, 0.15) is 20.8 Å². The van der Waals surface area contributed by atoms with Gasteiger partial charge in [-0.15, -0.1) is 0 Å². The Morgan fingerprint density at radius 1 is 1.14 bits per heavy atom. The standard InChI is InChI=1S/C17H18BrN3O6S/c1-17(2,3)20-28(25,26)15-10-11(4-9-14(15)18)19-16(22)27-13-7-5-12(6-8-13)21(23)24/h4-10,20H,1-3H3,(H,19,22). The minimum absolute atomic E-state index is 0.0458. The molecule has 28 heavy (non-hydrogen) atoms. The van der Waals surface area contributed by atoms with Gasteiger partial charge in [0.2, 0.25) is 10.0 Å². The lowest BCUT2D eigenvalue weighted by molar-refractivity contribution is -0.384. The van der Waals surface area contributed by atoms with Crippen molar-refractivity contribution in [3.63, 3.8) is 0 Å². The lowest BCUT2D eigenvalue weighted by atomic mass is 10.1. The summed E-state index contributed by atoms with van der Waals surface area (Å²) in [5.74, 6) is 0.0995. The molecule has 0 unspecified atom stereocenters. The number of non-ortho nitro benzene ring substituents is 1. The summed E-state index contributed by atoms with van der Waals surface area (Å²) >= 11 is 3.19. The summed E-state index contributed by atoms with van der Waals surface area (Å²) in [7, 11) is -3.83. The van der Waals surface area contributed by atoms with Gasteiger partial charge in [-0.25, -0.2) is 17.9 Å². The number of sulfonamides is 1. The summed E-state index contributed by atoms with van der Waals surface area (Å²) < 4.78 is 33.0. The second-order valence-electron chi connectivity index (χ2n) is 6.77. The van der Waals surface area contributed by atoms with Gasteiger partial charge in [-0.1, -0.05) is 0 Å².